The van der Waals surface area contributed by atoms with Gasteiger partial charge >= 0.3 is 11.9 Å². The van der Waals surface area contributed by atoms with E-state index in [-0.39, 0.29) is 22.7 Å². The monoisotopic (exact) mass is 572 g/mol. The van der Waals surface area contributed by atoms with Gasteiger partial charge in [-0.15, -0.1) is 0 Å². The van der Waals surface area contributed by atoms with Crippen LogP contribution in [0.2, 0.25) is 0 Å². The van der Waals surface area contributed by atoms with Crippen molar-refractivity contribution in [3.8, 4) is 0 Å². The van der Waals surface area contributed by atoms with Gasteiger partial charge in [-0.1, -0.05) is 6.07 Å². The van der Waals surface area contributed by atoms with Crippen molar-refractivity contribution in [2.45, 2.75) is 6.92 Å². The van der Waals surface area contributed by atoms with E-state index in [4.69, 9.17) is 0 Å². The Bertz CT molecular complexity index is 1530. The lowest BCUT2D eigenvalue weighted by atomic mass is 9.55. The maximum absolute atomic E-state index is 12.8. The number of hydrogen-bond acceptors (Lipinski definition) is 7. The van der Waals surface area contributed by atoms with E-state index in [2.05, 4.69) is 21.3 Å². The predicted octanol–water partition coefficient (Wildman–Crippen LogP) is 3.41. The van der Waals surface area contributed by atoms with Crippen LogP contribution in [0.3, 0.4) is 0 Å². The van der Waals surface area contributed by atoms with Gasteiger partial charge in [-0.3, -0.25) is 28.8 Å². The fourth-order valence-corrected chi connectivity index (χ4v) is 4.99. The summed E-state index contributed by atoms with van der Waals surface area (Å²) in [4.78, 5) is 73.5. The Morgan fingerprint density at radius 2 is 0.976 bits per heavy atom. The van der Waals surface area contributed by atoms with Crippen molar-refractivity contribution < 1.29 is 39.0 Å². The summed E-state index contributed by atoms with van der Waals surface area (Å²) in [6.45, 7) is 1.13. The van der Waals surface area contributed by atoms with Crippen LogP contribution in [0.15, 0.2) is 72.8 Å². The van der Waals surface area contributed by atoms with Gasteiger partial charge in [-0.05, 0) is 73.7 Å². The number of benzene rings is 3. The highest BCUT2D eigenvalue weighted by atomic mass is 16.4. The van der Waals surface area contributed by atoms with Crippen LogP contribution in [0, 0.1) is 23.7 Å². The van der Waals surface area contributed by atoms with Gasteiger partial charge in [0.15, 0.2) is 0 Å². The van der Waals surface area contributed by atoms with Gasteiger partial charge in [0.2, 0.25) is 5.91 Å². The first-order chi connectivity index (χ1) is 20.0. The second kappa shape index (κ2) is 12.3. The molecule has 1 fully saturated rings. The molecular weight excluding hydrogens is 544 g/mol. The molecule has 0 bridgehead atoms. The van der Waals surface area contributed by atoms with Crippen LogP contribution in [0.25, 0.3) is 0 Å². The maximum Gasteiger partial charge on any atom is 0.308 e. The highest BCUT2D eigenvalue weighted by Crippen LogP contribution is 2.47. The van der Waals surface area contributed by atoms with Gasteiger partial charge in [-0.2, -0.15) is 0 Å². The summed E-state index contributed by atoms with van der Waals surface area (Å²) >= 11 is 0. The Kier molecular flexibility index (Phi) is 8.65. The molecule has 1 saturated carbocycles. The van der Waals surface area contributed by atoms with Crippen LogP contribution < -0.4 is 21.3 Å². The van der Waals surface area contributed by atoms with Crippen molar-refractivity contribution in [3.63, 3.8) is 0 Å². The molecule has 1 aliphatic rings. The highest BCUT2D eigenvalue weighted by Gasteiger charge is 2.62. The number of carboxylic acids is 2. The summed E-state index contributed by atoms with van der Waals surface area (Å²) in [6.07, 6.45) is 0. The number of amides is 3. The van der Waals surface area contributed by atoms with Gasteiger partial charge in [0.25, 0.3) is 11.8 Å². The highest BCUT2D eigenvalue weighted by molar-refractivity contribution is 6.09. The van der Waals surface area contributed by atoms with E-state index in [0.717, 1.165) is 12.6 Å². The minimum absolute atomic E-state index is 0.235. The lowest BCUT2D eigenvalue weighted by Crippen LogP contribution is -2.60. The average molecular weight is 573 g/mol. The summed E-state index contributed by atoms with van der Waals surface area (Å²) in [5.74, 6) is -10.8. The summed E-state index contributed by atoms with van der Waals surface area (Å²) in [5.41, 5.74) is 2.63. The van der Waals surface area contributed by atoms with Crippen molar-refractivity contribution in [1.29, 1.82) is 0 Å². The van der Waals surface area contributed by atoms with Crippen molar-refractivity contribution in [2.75, 3.05) is 28.3 Å². The molecule has 6 N–H and O–H groups in total. The lowest BCUT2D eigenvalue weighted by Gasteiger charge is -2.45. The lowest BCUT2D eigenvalue weighted by molar-refractivity contribution is -0.179. The minimum atomic E-state index is -1.54. The zero-order valence-electron chi connectivity index (χ0n) is 22.6. The topological polar surface area (TPSA) is 191 Å². The molecule has 4 rings (SSSR count). The number of Topliss-reactive ketones (excluding diaryl/α,β-unsaturated/α-hetero) is 1. The third kappa shape index (κ3) is 6.28. The quantitative estimate of drug-likeness (QED) is 0.211. The second-order valence-corrected chi connectivity index (χ2v) is 9.77. The first-order valence-corrected chi connectivity index (χ1v) is 12.9. The molecule has 4 atom stereocenters. The van der Waals surface area contributed by atoms with Gasteiger partial charge < -0.3 is 31.5 Å². The molecule has 0 heterocycles. The van der Waals surface area contributed by atoms with Crippen LogP contribution in [0.1, 0.15) is 27.6 Å². The van der Waals surface area contributed by atoms with E-state index in [9.17, 15) is 39.0 Å². The molecule has 0 radical (unpaired) electrons. The number of carbonyl (C=O) groups is 6. The second-order valence-electron chi connectivity index (χ2n) is 9.77. The predicted molar refractivity (Wildman–Crippen MR) is 153 cm³/mol. The van der Waals surface area contributed by atoms with Crippen LogP contribution in [0.5, 0.6) is 0 Å². The number of anilines is 4. The number of carbonyl (C=O) groups excluding carboxylic acids is 4. The molecule has 0 aromatic heterocycles. The minimum Gasteiger partial charge on any atom is -0.481 e. The Labute approximate surface area is 240 Å². The molecule has 3 aromatic rings. The molecular formula is C30H28N4O8. The largest absolute Gasteiger partial charge is 0.481 e. The number of ketones is 1. The number of rotatable bonds is 10. The Morgan fingerprint density at radius 1 is 0.571 bits per heavy atom. The number of carboxylic acid groups (broad SMARTS) is 2. The van der Waals surface area contributed by atoms with Crippen LogP contribution in [0.4, 0.5) is 22.7 Å². The molecule has 12 heteroatoms. The summed E-state index contributed by atoms with van der Waals surface area (Å²) < 4.78 is 0. The van der Waals surface area contributed by atoms with Crippen LogP contribution in [-0.4, -0.2) is 52.7 Å². The molecule has 1 aliphatic carbocycles. The molecule has 216 valence electrons. The smallest absolute Gasteiger partial charge is 0.308 e. The zero-order chi connectivity index (χ0) is 30.6. The van der Waals surface area contributed by atoms with Gasteiger partial charge in [0, 0.05) is 46.8 Å². The first-order valence-electron chi connectivity index (χ1n) is 12.9. The Balaban J connectivity index is 1.39. The molecule has 0 spiro atoms. The number of nitrogens with one attached hydrogen (secondary N) is 4. The molecule has 0 aliphatic heterocycles. The number of hydrogen-bond donors (Lipinski definition) is 6. The fraction of sp³-hybridized carbons (Fsp3) is 0.200. The van der Waals surface area contributed by atoms with E-state index in [1.807, 2.05) is 12.1 Å². The van der Waals surface area contributed by atoms with Crippen molar-refractivity contribution >= 4 is 58.2 Å². The van der Waals surface area contributed by atoms with Crippen LogP contribution >= 0.6 is 0 Å². The standard InChI is InChI=1S/C30H28N4O8/c1-15(35)22-23(25(30(41)42)24(22)29(39)40)28(38)34-21-12-10-20(11-13-21)33-27(37)17-5-3-4-16(14-17)26(36)32-19-8-6-18(31-2)7-9-19/h3-14,22-25,31H,1-2H3,(H,32,36)(H,33,37)(H,34,38)(H,39,40)(H,41,42). The van der Waals surface area contributed by atoms with E-state index < -0.39 is 53.2 Å². The first kappa shape index (κ1) is 29.5. The Hall–Kier alpha value is -5.52. The summed E-state index contributed by atoms with van der Waals surface area (Å²) in [7, 11) is 1.79. The van der Waals surface area contributed by atoms with E-state index in [1.165, 1.54) is 30.3 Å². The fourth-order valence-electron chi connectivity index (χ4n) is 4.99. The molecule has 0 saturated heterocycles. The van der Waals surface area contributed by atoms with E-state index in [0.29, 0.717) is 11.4 Å². The third-order valence-corrected chi connectivity index (χ3v) is 7.12. The molecule has 42 heavy (non-hydrogen) atoms. The summed E-state index contributed by atoms with van der Waals surface area (Å²) in [5, 5.41) is 29.8. The van der Waals surface area contributed by atoms with Crippen molar-refractivity contribution in [2.24, 2.45) is 23.7 Å². The molecule has 12 nitrogen and oxygen atoms in total. The average Bonchev–Trinajstić information content (AvgIpc) is 2.93. The number of aliphatic carboxylic acids is 2. The molecule has 4 unspecified atom stereocenters. The van der Waals surface area contributed by atoms with E-state index in [1.54, 1.807) is 37.4 Å². The van der Waals surface area contributed by atoms with Gasteiger partial charge in [0.1, 0.15) is 5.78 Å². The van der Waals surface area contributed by atoms with Crippen molar-refractivity contribution in [1.82, 2.24) is 0 Å². The Morgan fingerprint density at radius 3 is 1.38 bits per heavy atom. The third-order valence-electron chi connectivity index (χ3n) is 7.12. The SMILES string of the molecule is CNc1ccc(NC(=O)c2cccc(C(=O)Nc3ccc(NC(=O)C4C(C(C)=O)C(C(=O)O)C4C(=O)O)cc3)c2)cc1. The van der Waals surface area contributed by atoms with E-state index >= 15 is 0 Å². The van der Waals surface area contributed by atoms with Gasteiger partial charge in [-0.25, -0.2) is 0 Å². The molecule has 3 amide bonds. The zero-order valence-corrected chi connectivity index (χ0v) is 22.6. The van der Waals surface area contributed by atoms with Crippen LogP contribution in [-0.2, 0) is 19.2 Å². The normalized spacial score (nSPS) is 19.0. The van der Waals surface area contributed by atoms with Gasteiger partial charge in [0.05, 0.1) is 17.8 Å². The summed E-state index contributed by atoms with van der Waals surface area (Å²) in [6, 6.07) is 19.2. The molecule has 3 aromatic carbocycles. The van der Waals surface area contributed by atoms with Crippen molar-refractivity contribution in [3.05, 3.63) is 83.9 Å². The maximum atomic E-state index is 12.8.